The molecule has 0 aromatic heterocycles. The normalized spacial score (nSPS) is 31.6. The smallest absolute Gasteiger partial charge is 0.405 e. The van der Waals surface area contributed by atoms with Crippen LogP contribution in [0.4, 0.5) is 4.79 Å². The molecule has 0 saturated heterocycles. The van der Waals surface area contributed by atoms with Crippen LogP contribution in [-0.4, -0.2) is 24.9 Å². The first-order valence-corrected chi connectivity index (χ1v) is 5.32. The molecule has 0 radical (unpaired) electrons. The fourth-order valence-electron chi connectivity index (χ4n) is 2.29. The summed E-state index contributed by atoms with van der Waals surface area (Å²) in [6.07, 6.45) is 1.94. The van der Waals surface area contributed by atoms with Crippen molar-refractivity contribution >= 4 is 6.09 Å². The van der Waals surface area contributed by atoms with Gasteiger partial charge in [-0.1, -0.05) is 20.8 Å². The molecule has 1 saturated carbocycles. The number of ether oxygens (including phenoxy) is 2. The van der Waals surface area contributed by atoms with Gasteiger partial charge in [0.15, 0.2) is 0 Å². The van der Waals surface area contributed by atoms with Gasteiger partial charge in [-0.15, -0.1) is 0 Å². The molecule has 15 heavy (non-hydrogen) atoms. The summed E-state index contributed by atoms with van der Waals surface area (Å²) < 4.78 is 10.7. The van der Waals surface area contributed by atoms with Crippen LogP contribution in [0.5, 0.6) is 0 Å². The minimum Gasteiger partial charge on any atom is -0.442 e. The second-order valence-electron chi connectivity index (χ2n) is 5.27. The molecule has 1 aliphatic rings. The summed E-state index contributed by atoms with van der Waals surface area (Å²) in [5.41, 5.74) is 4.55. The zero-order chi connectivity index (χ0) is 11.7. The Morgan fingerprint density at radius 1 is 1.47 bits per heavy atom. The van der Waals surface area contributed by atoms with Gasteiger partial charge in [-0.25, -0.2) is 4.79 Å². The van der Waals surface area contributed by atoms with Crippen molar-refractivity contribution in [1.82, 2.24) is 0 Å². The van der Waals surface area contributed by atoms with Gasteiger partial charge >= 0.3 is 6.09 Å². The van der Waals surface area contributed by atoms with E-state index in [-0.39, 0.29) is 11.5 Å². The summed E-state index contributed by atoms with van der Waals surface area (Å²) in [4.78, 5) is 11.0. The van der Waals surface area contributed by atoms with Crippen LogP contribution in [0.1, 0.15) is 40.0 Å². The molecular weight excluding hydrogens is 194 g/mol. The molecule has 2 atom stereocenters. The van der Waals surface area contributed by atoms with Crippen LogP contribution in [0.3, 0.4) is 0 Å². The van der Waals surface area contributed by atoms with E-state index in [1.165, 1.54) is 0 Å². The van der Waals surface area contributed by atoms with E-state index in [1.54, 1.807) is 7.11 Å². The van der Waals surface area contributed by atoms with Crippen molar-refractivity contribution in [2.75, 3.05) is 7.11 Å². The average Bonchev–Trinajstić information content (AvgIpc) is 2.47. The van der Waals surface area contributed by atoms with Crippen LogP contribution in [0, 0.1) is 5.41 Å². The van der Waals surface area contributed by atoms with Crippen LogP contribution >= 0.6 is 0 Å². The number of hydrogen-bond donors (Lipinski definition) is 1. The van der Waals surface area contributed by atoms with Crippen LogP contribution in [0.25, 0.3) is 0 Å². The number of nitrogens with two attached hydrogens (primary N) is 1. The molecule has 0 spiro atoms. The second-order valence-corrected chi connectivity index (χ2v) is 5.27. The van der Waals surface area contributed by atoms with E-state index < -0.39 is 11.7 Å². The van der Waals surface area contributed by atoms with Crippen LogP contribution in [0.2, 0.25) is 0 Å². The molecule has 0 aromatic rings. The Morgan fingerprint density at radius 2 is 2.07 bits per heavy atom. The van der Waals surface area contributed by atoms with Gasteiger partial charge in [-0.2, -0.15) is 0 Å². The Balaban J connectivity index is 2.85. The lowest BCUT2D eigenvalue weighted by atomic mass is 9.75. The summed E-state index contributed by atoms with van der Waals surface area (Å²) in [7, 11) is 1.69. The SMILES string of the molecule is COC1CCC(OC(N)=O)(C(C)(C)C)C1. The number of hydrogen-bond acceptors (Lipinski definition) is 3. The van der Waals surface area contributed by atoms with Crippen molar-refractivity contribution < 1.29 is 14.3 Å². The first-order valence-electron chi connectivity index (χ1n) is 5.32. The molecule has 0 bridgehead atoms. The molecule has 0 heterocycles. The maximum absolute atomic E-state index is 11.0. The Bertz CT molecular complexity index is 247. The maximum atomic E-state index is 11.0. The molecule has 1 aliphatic carbocycles. The van der Waals surface area contributed by atoms with Crippen molar-refractivity contribution in [3.63, 3.8) is 0 Å². The highest BCUT2D eigenvalue weighted by molar-refractivity contribution is 5.65. The molecule has 1 amide bonds. The number of carbonyl (C=O) groups is 1. The highest BCUT2D eigenvalue weighted by Gasteiger charge is 2.50. The number of amides is 1. The summed E-state index contributed by atoms with van der Waals surface area (Å²) in [5, 5.41) is 0. The van der Waals surface area contributed by atoms with Gasteiger partial charge in [0.1, 0.15) is 5.60 Å². The zero-order valence-electron chi connectivity index (χ0n) is 10.0. The lowest BCUT2D eigenvalue weighted by molar-refractivity contribution is -0.0687. The zero-order valence-corrected chi connectivity index (χ0v) is 10.0. The summed E-state index contributed by atoms with van der Waals surface area (Å²) in [5.74, 6) is 0. The van der Waals surface area contributed by atoms with Crippen molar-refractivity contribution in [3.8, 4) is 0 Å². The Morgan fingerprint density at radius 3 is 2.40 bits per heavy atom. The Kier molecular flexibility index (Phi) is 3.28. The number of carbonyl (C=O) groups excluding carboxylic acids is 1. The summed E-state index contributed by atoms with van der Waals surface area (Å²) in [6, 6.07) is 0. The van der Waals surface area contributed by atoms with E-state index >= 15 is 0 Å². The van der Waals surface area contributed by atoms with Gasteiger partial charge in [0.25, 0.3) is 0 Å². The van der Waals surface area contributed by atoms with E-state index in [0.29, 0.717) is 0 Å². The predicted molar refractivity (Wildman–Crippen MR) is 57.5 cm³/mol. The van der Waals surface area contributed by atoms with Gasteiger partial charge < -0.3 is 15.2 Å². The molecule has 4 heteroatoms. The van der Waals surface area contributed by atoms with Crippen molar-refractivity contribution in [2.45, 2.75) is 51.7 Å². The Labute approximate surface area is 91.1 Å². The first kappa shape index (κ1) is 12.3. The number of rotatable bonds is 2. The molecule has 88 valence electrons. The molecule has 1 rings (SSSR count). The minimum atomic E-state index is -0.693. The van der Waals surface area contributed by atoms with E-state index in [9.17, 15) is 4.79 Å². The van der Waals surface area contributed by atoms with Crippen LogP contribution in [0.15, 0.2) is 0 Å². The van der Waals surface area contributed by atoms with Crippen molar-refractivity contribution in [2.24, 2.45) is 11.1 Å². The third-order valence-electron chi connectivity index (χ3n) is 3.42. The van der Waals surface area contributed by atoms with Crippen molar-refractivity contribution in [3.05, 3.63) is 0 Å². The quantitative estimate of drug-likeness (QED) is 0.767. The van der Waals surface area contributed by atoms with E-state index in [1.807, 2.05) is 0 Å². The van der Waals surface area contributed by atoms with Gasteiger partial charge in [0.05, 0.1) is 6.10 Å². The molecule has 0 aromatic carbocycles. The van der Waals surface area contributed by atoms with Gasteiger partial charge in [0.2, 0.25) is 0 Å². The standard InChI is InChI=1S/C11H21NO3/c1-10(2,3)11(15-9(12)13)6-5-8(7-11)14-4/h8H,5-7H2,1-4H3,(H2,12,13). The lowest BCUT2D eigenvalue weighted by Crippen LogP contribution is -2.46. The maximum Gasteiger partial charge on any atom is 0.405 e. The minimum absolute atomic E-state index is 0.116. The average molecular weight is 215 g/mol. The Hall–Kier alpha value is -0.770. The highest BCUT2D eigenvalue weighted by atomic mass is 16.6. The second kappa shape index (κ2) is 4.00. The molecular formula is C11H21NO3. The van der Waals surface area contributed by atoms with Crippen LogP contribution in [-0.2, 0) is 9.47 Å². The molecule has 4 nitrogen and oxygen atoms in total. The predicted octanol–water partition coefficient (Wildman–Crippen LogP) is 2.07. The third kappa shape index (κ3) is 2.43. The molecule has 1 fully saturated rings. The van der Waals surface area contributed by atoms with Gasteiger partial charge in [-0.3, -0.25) is 0 Å². The fourth-order valence-corrected chi connectivity index (χ4v) is 2.29. The van der Waals surface area contributed by atoms with Crippen molar-refractivity contribution in [1.29, 1.82) is 0 Å². The van der Waals surface area contributed by atoms with E-state index in [4.69, 9.17) is 15.2 Å². The molecule has 2 unspecified atom stereocenters. The highest BCUT2D eigenvalue weighted by Crippen LogP contribution is 2.47. The van der Waals surface area contributed by atoms with Crippen LogP contribution < -0.4 is 5.73 Å². The largest absolute Gasteiger partial charge is 0.442 e. The third-order valence-corrected chi connectivity index (χ3v) is 3.42. The number of methoxy groups -OCH3 is 1. The monoisotopic (exact) mass is 215 g/mol. The lowest BCUT2D eigenvalue weighted by Gasteiger charge is -2.40. The fraction of sp³-hybridized carbons (Fsp3) is 0.909. The summed E-state index contributed by atoms with van der Waals surface area (Å²) >= 11 is 0. The number of primary amides is 1. The molecule has 2 N–H and O–H groups in total. The van der Waals surface area contributed by atoms with E-state index in [2.05, 4.69) is 20.8 Å². The van der Waals surface area contributed by atoms with E-state index in [0.717, 1.165) is 19.3 Å². The van der Waals surface area contributed by atoms with Gasteiger partial charge in [0, 0.05) is 18.9 Å². The summed E-state index contributed by atoms with van der Waals surface area (Å²) in [6.45, 7) is 6.19. The molecule has 0 aliphatic heterocycles. The van der Waals surface area contributed by atoms with Gasteiger partial charge in [-0.05, 0) is 12.8 Å². The topological polar surface area (TPSA) is 61.6 Å². The first-order chi connectivity index (χ1) is 6.81.